The van der Waals surface area contributed by atoms with Gasteiger partial charge in [0.05, 0.1) is 16.6 Å². The Hall–Kier alpha value is -0.450. The normalized spacial score (nSPS) is 49.8. The second kappa shape index (κ2) is 4.03. The van der Waals surface area contributed by atoms with Crippen LogP contribution in [-0.2, 0) is 4.79 Å². The third kappa shape index (κ3) is 1.66. The first-order valence-corrected chi connectivity index (χ1v) is 7.12. The van der Waals surface area contributed by atoms with Gasteiger partial charge in [-0.1, -0.05) is 20.8 Å². The van der Waals surface area contributed by atoms with Crippen LogP contribution in [0.4, 0.5) is 0 Å². The zero-order valence-electron chi connectivity index (χ0n) is 12.4. The molecule has 3 N–H and O–H groups in total. The average Bonchev–Trinajstić information content (AvgIpc) is 2.30. The number of aliphatic hydroxyl groups excluding tert-OH is 1. The van der Waals surface area contributed by atoms with Crippen LogP contribution < -0.4 is 0 Å². The molecule has 0 heterocycles. The molecule has 4 nitrogen and oxygen atoms in total. The molecule has 0 spiro atoms. The number of rotatable bonds is 1. The van der Waals surface area contributed by atoms with Crippen molar-refractivity contribution in [3.05, 3.63) is 0 Å². The van der Waals surface area contributed by atoms with Gasteiger partial charge in [-0.05, 0) is 26.2 Å². The molecular formula is C15H26O4. The van der Waals surface area contributed by atoms with Crippen molar-refractivity contribution in [1.82, 2.24) is 0 Å². The summed E-state index contributed by atoms with van der Waals surface area (Å²) in [4.78, 5) is 12.2. The summed E-state index contributed by atoms with van der Waals surface area (Å²) in [7, 11) is 0. The molecule has 0 saturated heterocycles. The smallest absolute Gasteiger partial charge is 0.141 e. The molecular weight excluding hydrogens is 244 g/mol. The van der Waals surface area contributed by atoms with Crippen molar-refractivity contribution in [2.75, 3.05) is 6.61 Å². The summed E-state index contributed by atoms with van der Waals surface area (Å²) in [6.45, 7) is 7.05. The lowest BCUT2D eigenvalue weighted by Crippen LogP contribution is -2.71. The predicted molar refractivity (Wildman–Crippen MR) is 71.5 cm³/mol. The van der Waals surface area contributed by atoms with E-state index in [9.17, 15) is 20.1 Å². The zero-order chi connectivity index (χ0) is 14.7. The van der Waals surface area contributed by atoms with Gasteiger partial charge in [0.1, 0.15) is 5.78 Å². The molecule has 0 radical (unpaired) electrons. The van der Waals surface area contributed by atoms with Crippen LogP contribution in [0.2, 0.25) is 0 Å². The molecule has 0 bridgehead atoms. The number of aliphatic hydroxyl groups is 3. The Morgan fingerprint density at radius 2 is 1.68 bits per heavy atom. The first kappa shape index (κ1) is 14.9. The summed E-state index contributed by atoms with van der Waals surface area (Å²) in [6, 6.07) is 0. The van der Waals surface area contributed by atoms with Crippen LogP contribution in [0.5, 0.6) is 0 Å². The molecule has 0 aromatic heterocycles. The van der Waals surface area contributed by atoms with Crippen LogP contribution in [0.15, 0.2) is 0 Å². The van der Waals surface area contributed by atoms with Gasteiger partial charge in [0, 0.05) is 24.4 Å². The lowest BCUT2D eigenvalue weighted by Gasteiger charge is -2.64. The van der Waals surface area contributed by atoms with Gasteiger partial charge in [0.15, 0.2) is 0 Å². The minimum absolute atomic E-state index is 0.0747. The highest BCUT2D eigenvalue weighted by Crippen LogP contribution is 2.63. The molecule has 2 saturated carbocycles. The number of hydrogen-bond donors (Lipinski definition) is 3. The molecule has 19 heavy (non-hydrogen) atoms. The highest BCUT2D eigenvalue weighted by atomic mass is 16.3. The van der Waals surface area contributed by atoms with Crippen molar-refractivity contribution in [3.8, 4) is 0 Å². The van der Waals surface area contributed by atoms with Crippen molar-refractivity contribution in [3.63, 3.8) is 0 Å². The summed E-state index contributed by atoms with van der Waals surface area (Å²) in [5.41, 5.74) is -3.62. The van der Waals surface area contributed by atoms with Gasteiger partial charge >= 0.3 is 0 Å². The maximum absolute atomic E-state index is 12.2. The molecule has 0 unspecified atom stereocenters. The van der Waals surface area contributed by atoms with E-state index in [0.29, 0.717) is 25.7 Å². The summed E-state index contributed by atoms with van der Waals surface area (Å²) < 4.78 is 0. The van der Waals surface area contributed by atoms with Gasteiger partial charge in [-0.2, -0.15) is 0 Å². The first-order valence-electron chi connectivity index (χ1n) is 7.12. The fourth-order valence-electron chi connectivity index (χ4n) is 4.59. The molecule has 0 aromatic rings. The topological polar surface area (TPSA) is 77.8 Å². The van der Waals surface area contributed by atoms with Gasteiger partial charge in [-0.15, -0.1) is 0 Å². The van der Waals surface area contributed by atoms with Crippen LogP contribution in [0, 0.1) is 16.7 Å². The number of Topliss-reactive ketones (excluding diaryl/α,β-unsaturated/α-hetero) is 1. The molecule has 110 valence electrons. The van der Waals surface area contributed by atoms with Gasteiger partial charge < -0.3 is 15.3 Å². The number of ketones is 1. The molecule has 0 amide bonds. The summed E-state index contributed by atoms with van der Waals surface area (Å²) in [5, 5.41) is 31.5. The second-order valence-electron chi connectivity index (χ2n) is 7.42. The fourth-order valence-corrected chi connectivity index (χ4v) is 4.59. The summed E-state index contributed by atoms with van der Waals surface area (Å²) in [6.07, 6.45) is 1.72. The Kier molecular flexibility index (Phi) is 3.17. The monoisotopic (exact) mass is 270 g/mol. The number of carbonyl (C=O) groups excluding carboxylic acids is 1. The molecule has 4 atom stereocenters. The Balaban J connectivity index is 2.55. The maximum atomic E-state index is 12.2. The van der Waals surface area contributed by atoms with Crippen LogP contribution >= 0.6 is 0 Å². The SMILES string of the molecule is CC1(C)C(=O)CC[C@]2(C)[C@@H](CO)[C@](C)(O)CC[C@@]12O. The van der Waals surface area contributed by atoms with Crippen LogP contribution in [0.3, 0.4) is 0 Å². The lowest BCUT2D eigenvalue weighted by molar-refractivity contribution is -0.261. The van der Waals surface area contributed by atoms with E-state index >= 15 is 0 Å². The van der Waals surface area contributed by atoms with Crippen LogP contribution in [-0.4, -0.2) is 38.9 Å². The Labute approximate surface area is 114 Å². The van der Waals surface area contributed by atoms with Gasteiger partial charge in [0.2, 0.25) is 0 Å². The molecule has 2 aliphatic rings. The van der Waals surface area contributed by atoms with Gasteiger partial charge in [-0.25, -0.2) is 0 Å². The van der Waals surface area contributed by atoms with Crippen molar-refractivity contribution in [1.29, 1.82) is 0 Å². The Morgan fingerprint density at radius 3 is 2.21 bits per heavy atom. The standard InChI is InChI=1S/C15H26O4/c1-12(2)11(17)5-6-13(3)10(9-16)14(4,18)7-8-15(12,13)19/h10,16,18-19H,5-9H2,1-4H3/t10-,13-,14-,15-/m1/s1. The van der Waals surface area contributed by atoms with Crippen molar-refractivity contribution in [2.24, 2.45) is 16.7 Å². The van der Waals surface area contributed by atoms with E-state index in [4.69, 9.17) is 0 Å². The summed E-state index contributed by atoms with van der Waals surface area (Å²) >= 11 is 0. The summed E-state index contributed by atoms with van der Waals surface area (Å²) in [5.74, 6) is -0.336. The number of carbonyl (C=O) groups is 1. The molecule has 2 fully saturated rings. The fraction of sp³-hybridized carbons (Fsp3) is 0.933. The highest BCUT2D eigenvalue weighted by molar-refractivity contribution is 5.86. The third-order valence-electron chi connectivity index (χ3n) is 6.24. The van der Waals surface area contributed by atoms with E-state index in [2.05, 4.69) is 0 Å². The number of fused-ring (bicyclic) bond motifs is 1. The molecule has 0 aromatic carbocycles. The minimum Gasteiger partial charge on any atom is -0.396 e. The van der Waals surface area contributed by atoms with Crippen LogP contribution in [0.1, 0.15) is 53.4 Å². The predicted octanol–water partition coefficient (Wildman–Crippen LogP) is 1.27. The lowest BCUT2D eigenvalue weighted by atomic mass is 9.43. The van der Waals surface area contributed by atoms with E-state index in [-0.39, 0.29) is 12.4 Å². The largest absolute Gasteiger partial charge is 0.396 e. The minimum atomic E-state index is -1.16. The van der Waals surface area contributed by atoms with Gasteiger partial charge in [0.25, 0.3) is 0 Å². The Bertz CT molecular complexity index is 401. The molecule has 2 rings (SSSR count). The van der Waals surface area contributed by atoms with E-state index in [1.807, 2.05) is 6.92 Å². The van der Waals surface area contributed by atoms with E-state index < -0.39 is 27.9 Å². The van der Waals surface area contributed by atoms with Gasteiger partial charge in [-0.3, -0.25) is 4.79 Å². The van der Waals surface area contributed by atoms with E-state index in [1.165, 1.54) is 0 Å². The second-order valence-corrected chi connectivity index (χ2v) is 7.42. The van der Waals surface area contributed by atoms with Crippen molar-refractivity contribution < 1.29 is 20.1 Å². The number of hydrogen-bond acceptors (Lipinski definition) is 4. The molecule has 2 aliphatic carbocycles. The van der Waals surface area contributed by atoms with Crippen molar-refractivity contribution >= 4 is 5.78 Å². The maximum Gasteiger partial charge on any atom is 0.141 e. The third-order valence-corrected chi connectivity index (χ3v) is 6.24. The van der Waals surface area contributed by atoms with Crippen LogP contribution in [0.25, 0.3) is 0 Å². The Morgan fingerprint density at radius 1 is 1.11 bits per heavy atom. The van der Waals surface area contributed by atoms with E-state index in [0.717, 1.165) is 0 Å². The average molecular weight is 270 g/mol. The molecule has 0 aliphatic heterocycles. The quantitative estimate of drug-likeness (QED) is 0.670. The van der Waals surface area contributed by atoms with Crippen molar-refractivity contribution in [2.45, 2.75) is 64.6 Å². The first-order chi connectivity index (χ1) is 8.53. The zero-order valence-corrected chi connectivity index (χ0v) is 12.4. The van der Waals surface area contributed by atoms with E-state index in [1.54, 1.807) is 20.8 Å². The molecule has 4 heteroatoms. The highest BCUT2D eigenvalue weighted by Gasteiger charge is 2.68.